The highest BCUT2D eigenvalue weighted by atomic mass is 79.9. The number of ether oxygens (including phenoxy) is 1. The minimum absolute atomic E-state index is 0.0549. The molecule has 34 heavy (non-hydrogen) atoms. The van der Waals surface area contributed by atoms with E-state index < -0.39 is 28.5 Å². The molecule has 0 fully saturated rings. The van der Waals surface area contributed by atoms with Crippen LogP contribution in [0.2, 0.25) is 0 Å². The second kappa shape index (κ2) is 12.2. The number of carbonyl (C=O) groups is 2. The predicted molar refractivity (Wildman–Crippen MR) is 137 cm³/mol. The van der Waals surface area contributed by atoms with Crippen LogP contribution in [-0.4, -0.2) is 57.1 Å². The number of para-hydroxylation sites is 1. The molecule has 0 radical (unpaired) electrons. The quantitative estimate of drug-likeness (QED) is 0.459. The number of halogens is 1. The van der Waals surface area contributed by atoms with Crippen molar-refractivity contribution in [2.75, 3.05) is 24.2 Å². The third-order valence-electron chi connectivity index (χ3n) is 5.48. The summed E-state index contributed by atoms with van der Waals surface area (Å²) in [6, 6.07) is 13.1. The van der Waals surface area contributed by atoms with Crippen LogP contribution in [0.5, 0.6) is 5.75 Å². The summed E-state index contributed by atoms with van der Waals surface area (Å²) in [5.74, 6) is -0.131. The van der Waals surface area contributed by atoms with Gasteiger partial charge in [-0.1, -0.05) is 31.2 Å². The van der Waals surface area contributed by atoms with E-state index in [2.05, 4.69) is 21.2 Å². The van der Waals surface area contributed by atoms with Gasteiger partial charge in [-0.3, -0.25) is 13.9 Å². The molecule has 186 valence electrons. The predicted octanol–water partition coefficient (Wildman–Crippen LogP) is 3.56. The Labute approximate surface area is 210 Å². The summed E-state index contributed by atoms with van der Waals surface area (Å²) in [5, 5.41) is 2.90. The maximum Gasteiger partial charge on any atom is 0.244 e. The molecule has 2 aromatic rings. The van der Waals surface area contributed by atoms with Gasteiger partial charge < -0.3 is 15.0 Å². The summed E-state index contributed by atoms with van der Waals surface area (Å²) in [6.45, 7) is 5.17. The first-order chi connectivity index (χ1) is 16.0. The maximum atomic E-state index is 13.5. The van der Waals surface area contributed by atoms with E-state index in [9.17, 15) is 18.0 Å². The number of hydrogen-bond donors (Lipinski definition) is 1. The molecule has 2 atom stereocenters. The van der Waals surface area contributed by atoms with Crippen LogP contribution < -0.4 is 14.4 Å². The van der Waals surface area contributed by atoms with E-state index in [1.165, 1.54) is 4.90 Å². The van der Waals surface area contributed by atoms with Gasteiger partial charge in [0, 0.05) is 17.1 Å². The SMILES string of the molecule is CC[C@H](C)NC(=O)[C@H](C)N(Cc1ccc(OC)cc1)C(=O)CN(c1ccccc1Br)S(C)(=O)=O. The highest BCUT2D eigenvalue weighted by molar-refractivity contribution is 9.10. The number of sulfonamides is 1. The summed E-state index contributed by atoms with van der Waals surface area (Å²) in [5.41, 5.74) is 1.13. The molecule has 0 bridgehead atoms. The molecule has 0 unspecified atom stereocenters. The monoisotopic (exact) mass is 553 g/mol. The van der Waals surface area contributed by atoms with Gasteiger partial charge >= 0.3 is 0 Å². The lowest BCUT2D eigenvalue weighted by atomic mass is 10.1. The number of nitrogens with zero attached hydrogens (tertiary/aromatic N) is 2. The van der Waals surface area contributed by atoms with Crippen LogP contribution in [0.4, 0.5) is 5.69 Å². The molecule has 0 spiro atoms. The van der Waals surface area contributed by atoms with Crippen molar-refractivity contribution in [3.63, 3.8) is 0 Å². The maximum absolute atomic E-state index is 13.5. The Bertz CT molecular complexity index is 1090. The first kappa shape index (κ1) is 27.7. The fourth-order valence-corrected chi connectivity index (χ4v) is 4.70. The van der Waals surface area contributed by atoms with Crippen LogP contribution in [0, 0.1) is 0 Å². The molecular weight excluding hydrogens is 522 g/mol. The molecule has 0 saturated carbocycles. The average molecular weight is 555 g/mol. The lowest BCUT2D eigenvalue weighted by Gasteiger charge is -2.32. The second-order valence-electron chi connectivity index (χ2n) is 8.08. The van der Waals surface area contributed by atoms with Crippen LogP contribution in [0.25, 0.3) is 0 Å². The Kier molecular flexibility index (Phi) is 9.93. The fourth-order valence-electron chi connectivity index (χ4n) is 3.22. The third kappa shape index (κ3) is 7.46. The summed E-state index contributed by atoms with van der Waals surface area (Å²) in [6.07, 6.45) is 1.79. The highest BCUT2D eigenvalue weighted by Crippen LogP contribution is 2.28. The Hall–Kier alpha value is -2.59. The first-order valence-corrected chi connectivity index (χ1v) is 13.6. The van der Waals surface area contributed by atoms with E-state index in [0.717, 1.165) is 22.5 Å². The van der Waals surface area contributed by atoms with Crippen molar-refractivity contribution < 1.29 is 22.7 Å². The Morgan fingerprint density at radius 3 is 2.24 bits per heavy atom. The highest BCUT2D eigenvalue weighted by Gasteiger charge is 2.31. The Morgan fingerprint density at radius 2 is 1.71 bits per heavy atom. The smallest absolute Gasteiger partial charge is 0.244 e. The minimum atomic E-state index is -3.78. The van der Waals surface area contributed by atoms with Crippen LogP contribution >= 0.6 is 15.9 Å². The zero-order chi connectivity index (χ0) is 25.5. The molecule has 1 N–H and O–H groups in total. The number of nitrogens with one attached hydrogen (secondary N) is 1. The van der Waals surface area contributed by atoms with Gasteiger partial charge in [0.1, 0.15) is 18.3 Å². The average Bonchev–Trinajstić information content (AvgIpc) is 2.80. The standard InChI is InChI=1S/C24H32BrN3O5S/c1-6-17(2)26-24(30)18(3)27(15-19-11-13-20(33-4)14-12-19)23(29)16-28(34(5,31)32)22-10-8-7-9-21(22)25/h7-14,17-18H,6,15-16H2,1-5H3,(H,26,30)/t17-,18-/m0/s1. The number of methoxy groups -OCH3 is 1. The number of hydrogen-bond acceptors (Lipinski definition) is 5. The lowest BCUT2D eigenvalue weighted by molar-refractivity contribution is -0.139. The van der Waals surface area contributed by atoms with Crippen molar-refractivity contribution >= 4 is 43.5 Å². The number of rotatable bonds is 11. The van der Waals surface area contributed by atoms with Gasteiger partial charge in [0.15, 0.2) is 0 Å². The summed E-state index contributed by atoms with van der Waals surface area (Å²) >= 11 is 3.36. The van der Waals surface area contributed by atoms with Crippen LogP contribution in [0.3, 0.4) is 0 Å². The van der Waals surface area contributed by atoms with Crippen LogP contribution in [-0.2, 0) is 26.2 Å². The second-order valence-corrected chi connectivity index (χ2v) is 10.8. The third-order valence-corrected chi connectivity index (χ3v) is 7.28. The van der Waals surface area contributed by atoms with Gasteiger partial charge in [0.25, 0.3) is 0 Å². The van der Waals surface area contributed by atoms with E-state index in [-0.39, 0.29) is 18.5 Å². The molecule has 0 aliphatic heterocycles. The zero-order valence-corrected chi connectivity index (χ0v) is 22.5. The van der Waals surface area contributed by atoms with Crippen molar-refractivity contribution in [3.05, 3.63) is 58.6 Å². The van der Waals surface area contributed by atoms with Gasteiger partial charge in [-0.15, -0.1) is 0 Å². The van der Waals surface area contributed by atoms with Crippen molar-refractivity contribution in [2.24, 2.45) is 0 Å². The molecule has 0 aliphatic rings. The van der Waals surface area contributed by atoms with E-state index in [0.29, 0.717) is 15.9 Å². The number of carbonyl (C=O) groups excluding carboxylic acids is 2. The number of amides is 2. The van der Waals surface area contributed by atoms with E-state index in [1.54, 1.807) is 62.6 Å². The Morgan fingerprint density at radius 1 is 1.09 bits per heavy atom. The molecule has 8 nitrogen and oxygen atoms in total. The molecular formula is C24H32BrN3O5S. The molecule has 0 saturated heterocycles. The Balaban J connectivity index is 2.39. The molecule has 0 heterocycles. The molecule has 2 rings (SSSR count). The molecule has 0 aliphatic carbocycles. The van der Waals surface area contributed by atoms with Crippen molar-refractivity contribution in [1.29, 1.82) is 0 Å². The van der Waals surface area contributed by atoms with Gasteiger partial charge in [-0.05, 0) is 66.0 Å². The van der Waals surface area contributed by atoms with Crippen molar-refractivity contribution in [3.8, 4) is 5.75 Å². The molecule has 0 aromatic heterocycles. The van der Waals surface area contributed by atoms with Crippen LogP contribution in [0.15, 0.2) is 53.0 Å². The van der Waals surface area contributed by atoms with Gasteiger partial charge in [0.2, 0.25) is 21.8 Å². The van der Waals surface area contributed by atoms with Gasteiger partial charge in [-0.2, -0.15) is 0 Å². The van der Waals surface area contributed by atoms with E-state index in [1.807, 2.05) is 13.8 Å². The van der Waals surface area contributed by atoms with Gasteiger partial charge in [-0.25, -0.2) is 8.42 Å². The summed E-state index contributed by atoms with van der Waals surface area (Å²) in [4.78, 5) is 27.8. The normalized spacial score (nSPS) is 13.0. The first-order valence-electron chi connectivity index (χ1n) is 10.9. The number of benzene rings is 2. The van der Waals surface area contributed by atoms with Crippen LogP contribution in [0.1, 0.15) is 32.8 Å². The van der Waals surface area contributed by atoms with E-state index in [4.69, 9.17) is 4.74 Å². The fraction of sp³-hybridized carbons (Fsp3) is 0.417. The van der Waals surface area contributed by atoms with Crippen molar-refractivity contribution in [1.82, 2.24) is 10.2 Å². The molecule has 10 heteroatoms. The number of anilines is 1. The largest absolute Gasteiger partial charge is 0.497 e. The topological polar surface area (TPSA) is 96.0 Å². The van der Waals surface area contributed by atoms with Crippen molar-refractivity contribution in [2.45, 2.75) is 45.8 Å². The molecule has 2 amide bonds. The summed E-state index contributed by atoms with van der Waals surface area (Å²) in [7, 11) is -2.22. The summed E-state index contributed by atoms with van der Waals surface area (Å²) < 4.78 is 32.0. The minimum Gasteiger partial charge on any atom is -0.497 e. The lowest BCUT2D eigenvalue weighted by Crippen LogP contribution is -2.52. The van der Waals surface area contributed by atoms with Gasteiger partial charge in [0.05, 0.1) is 19.1 Å². The molecule has 2 aromatic carbocycles. The van der Waals surface area contributed by atoms with E-state index >= 15 is 0 Å². The zero-order valence-electron chi connectivity index (χ0n) is 20.1.